The molecule has 1 atom stereocenters. The molecule has 0 saturated carbocycles. The second-order valence-electron chi connectivity index (χ2n) is 5.23. The fraction of sp³-hybridized carbons (Fsp3) is 0.278. The Kier molecular flexibility index (Phi) is 6.37. The van der Waals surface area contributed by atoms with Crippen molar-refractivity contribution >= 4 is 17.3 Å². The van der Waals surface area contributed by atoms with Crippen LogP contribution in [0.25, 0.3) is 0 Å². The van der Waals surface area contributed by atoms with Crippen molar-refractivity contribution in [2.24, 2.45) is 0 Å². The van der Waals surface area contributed by atoms with Gasteiger partial charge in [0.25, 0.3) is 0 Å². The van der Waals surface area contributed by atoms with Crippen molar-refractivity contribution in [1.82, 2.24) is 10.6 Å². The van der Waals surface area contributed by atoms with E-state index >= 15 is 0 Å². The molecule has 2 rings (SSSR count). The molecule has 0 aromatic heterocycles. The van der Waals surface area contributed by atoms with E-state index < -0.39 is 0 Å². The number of thiocarbonyl (C=S) groups is 1. The highest BCUT2D eigenvalue weighted by Crippen LogP contribution is 2.21. The van der Waals surface area contributed by atoms with E-state index in [1.165, 1.54) is 11.1 Å². The summed E-state index contributed by atoms with van der Waals surface area (Å²) >= 11 is 5.44. The number of hydrogen-bond acceptors (Lipinski definition) is 2. The number of methoxy groups -OCH3 is 1. The topological polar surface area (TPSA) is 33.3 Å². The van der Waals surface area contributed by atoms with Crippen LogP contribution in [0.15, 0.2) is 60.7 Å². The highest BCUT2D eigenvalue weighted by atomic mass is 32.1. The van der Waals surface area contributed by atoms with Gasteiger partial charge in [0.1, 0.15) is 0 Å². The summed E-state index contributed by atoms with van der Waals surface area (Å²) in [6.07, 6.45) is 0. The van der Waals surface area contributed by atoms with Gasteiger partial charge < -0.3 is 15.4 Å². The molecule has 0 aliphatic rings. The SMILES string of the molecule is COC[C@@H](C)NC(=S)NC(c1ccccc1)c1ccccc1. The second kappa shape index (κ2) is 8.51. The summed E-state index contributed by atoms with van der Waals surface area (Å²) in [5, 5.41) is 7.28. The second-order valence-corrected chi connectivity index (χ2v) is 5.64. The summed E-state index contributed by atoms with van der Waals surface area (Å²) in [7, 11) is 1.69. The zero-order valence-corrected chi connectivity index (χ0v) is 13.8. The zero-order valence-electron chi connectivity index (χ0n) is 13.0. The van der Waals surface area contributed by atoms with Gasteiger partial charge in [0.15, 0.2) is 5.11 Å². The first-order valence-electron chi connectivity index (χ1n) is 7.36. The Hall–Kier alpha value is -1.91. The lowest BCUT2D eigenvalue weighted by molar-refractivity contribution is 0.179. The third-order valence-corrected chi connectivity index (χ3v) is 3.57. The Labute approximate surface area is 137 Å². The van der Waals surface area contributed by atoms with E-state index in [0.717, 1.165) is 0 Å². The Balaban J connectivity index is 2.14. The molecule has 0 saturated heterocycles. The predicted octanol–water partition coefficient (Wildman–Crippen LogP) is 3.28. The van der Waals surface area contributed by atoms with E-state index in [9.17, 15) is 0 Å². The lowest BCUT2D eigenvalue weighted by Gasteiger charge is -2.23. The van der Waals surface area contributed by atoms with Crippen LogP contribution in [0.2, 0.25) is 0 Å². The Bertz CT molecular complexity index is 535. The van der Waals surface area contributed by atoms with Gasteiger partial charge in [0.2, 0.25) is 0 Å². The fourth-order valence-corrected chi connectivity index (χ4v) is 2.66. The standard InChI is InChI=1S/C18H22N2OS/c1-14(13-21-2)19-18(22)20-17(15-9-5-3-6-10-15)16-11-7-4-8-12-16/h3-12,14,17H,13H2,1-2H3,(H2,19,20,22)/t14-/m1/s1. The van der Waals surface area contributed by atoms with Crippen LogP contribution in [-0.4, -0.2) is 24.9 Å². The smallest absolute Gasteiger partial charge is 0.167 e. The summed E-state index contributed by atoms with van der Waals surface area (Å²) in [5.74, 6) is 0. The monoisotopic (exact) mass is 314 g/mol. The molecule has 0 radical (unpaired) electrons. The van der Waals surface area contributed by atoms with Crippen LogP contribution >= 0.6 is 12.2 Å². The van der Waals surface area contributed by atoms with Gasteiger partial charge in [0, 0.05) is 13.2 Å². The lowest BCUT2D eigenvalue weighted by atomic mass is 9.99. The largest absolute Gasteiger partial charge is 0.383 e. The van der Waals surface area contributed by atoms with Crippen LogP contribution in [0, 0.1) is 0 Å². The molecule has 0 bridgehead atoms. The van der Waals surface area contributed by atoms with Crippen molar-refractivity contribution in [1.29, 1.82) is 0 Å². The van der Waals surface area contributed by atoms with Crippen molar-refractivity contribution < 1.29 is 4.74 Å². The molecule has 3 nitrogen and oxygen atoms in total. The third-order valence-electron chi connectivity index (χ3n) is 3.34. The zero-order chi connectivity index (χ0) is 15.8. The number of ether oxygens (including phenoxy) is 1. The van der Waals surface area contributed by atoms with E-state index in [2.05, 4.69) is 34.9 Å². The number of rotatable bonds is 6. The van der Waals surface area contributed by atoms with Gasteiger partial charge in [-0.25, -0.2) is 0 Å². The molecule has 0 amide bonds. The highest BCUT2D eigenvalue weighted by molar-refractivity contribution is 7.80. The van der Waals surface area contributed by atoms with Crippen LogP contribution in [0.5, 0.6) is 0 Å². The van der Waals surface area contributed by atoms with Crippen molar-refractivity contribution in [3.63, 3.8) is 0 Å². The molecule has 4 heteroatoms. The summed E-state index contributed by atoms with van der Waals surface area (Å²) in [4.78, 5) is 0. The van der Waals surface area contributed by atoms with Gasteiger partial charge in [-0.15, -0.1) is 0 Å². The molecule has 2 N–H and O–H groups in total. The number of hydrogen-bond donors (Lipinski definition) is 2. The fourth-order valence-electron chi connectivity index (χ4n) is 2.34. The minimum Gasteiger partial charge on any atom is -0.383 e. The number of benzene rings is 2. The molecule has 0 unspecified atom stereocenters. The molecule has 0 aliphatic heterocycles. The highest BCUT2D eigenvalue weighted by Gasteiger charge is 2.15. The summed E-state index contributed by atoms with van der Waals surface area (Å²) in [5.41, 5.74) is 2.36. The third kappa shape index (κ3) is 4.83. The van der Waals surface area contributed by atoms with Gasteiger partial charge in [0.05, 0.1) is 12.6 Å². The maximum Gasteiger partial charge on any atom is 0.167 e. The molecular formula is C18H22N2OS. The average molecular weight is 314 g/mol. The van der Waals surface area contributed by atoms with Crippen LogP contribution in [-0.2, 0) is 4.74 Å². The van der Waals surface area contributed by atoms with Crippen molar-refractivity contribution in [2.45, 2.75) is 19.0 Å². The van der Waals surface area contributed by atoms with Crippen molar-refractivity contribution in [2.75, 3.05) is 13.7 Å². The van der Waals surface area contributed by atoms with Crippen LogP contribution < -0.4 is 10.6 Å². The molecule has 116 valence electrons. The molecule has 2 aromatic carbocycles. The van der Waals surface area contributed by atoms with E-state index in [1.807, 2.05) is 43.3 Å². The molecule has 0 fully saturated rings. The van der Waals surface area contributed by atoms with Crippen molar-refractivity contribution in [3.05, 3.63) is 71.8 Å². The average Bonchev–Trinajstić information content (AvgIpc) is 2.54. The molecular weight excluding hydrogens is 292 g/mol. The molecule has 0 aliphatic carbocycles. The molecule has 2 aromatic rings. The first-order valence-corrected chi connectivity index (χ1v) is 7.77. The van der Waals surface area contributed by atoms with Crippen molar-refractivity contribution in [3.8, 4) is 0 Å². The predicted molar refractivity (Wildman–Crippen MR) is 94.9 cm³/mol. The van der Waals surface area contributed by atoms with Gasteiger partial charge in [-0.1, -0.05) is 60.7 Å². The summed E-state index contributed by atoms with van der Waals surface area (Å²) in [6.45, 7) is 2.65. The normalized spacial score (nSPS) is 12.0. The summed E-state index contributed by atoms with van der Waals surface area (Å²) in [6, 6.07) is 20.8. The minimum absolute atomic E-state index is 0.0251. The Morgan fingerprint density at radius 3 is 1.91 bits per heavy atom. The number of nitrogens with one attached hydrogen (secondary N) is 2. The molecule has 22 heavy (non-hydrogen) atoms. The minimum atomic E-state index is 0.0251. The van der Waals surface area contributed by atoms with Gasteiger partial charge >= 0.3 is 0 Å². The lowest BCUT2D eigenvalue weighted by Crippen LogP contribution is -2.44. The quantitative estimate of drug-likeness (QED) is 0.802. The molecule has 0 heterocycles. The first kappa shape index (κ1) is 16.5. The molecule has 0 spiro atoms. The van der Waals surface area contributed by atoms with Gasteiger partial charge in [-0.3, -0.25) is 0 Å². The van der Waals surface area contributed by atoms with Gasteiger partial charge in [-0.05, 0) is 30.3 Å². The maximum atomic E-state index is 5.44. The maximum absolute atomic E-state index is 5.44. The van der Waals surface area contributed by atoms with E-state index in [0.29, 0.717) is 11.7 Å². The van der Waals surface area contributed by atoms with Crippen LogP contribution in [0.1, 0.15) is 24.1 Å². The Morgan fingerprint density at radius 2 is 1.45 bits per heavy atom. The van der Waals surface area contributed by atoms with E-state index in [1.54, 1.807) is 7.11 Å². The van der Waals surface area contributed by atoms with Crippen LogP contribution in [0.3, 0.4) is 0 Å². The first-order chi connectivity index (χ1) is 10.7. The van der Waals surface area contributed by atoms with Gasteiger partial charge in [-0.2, -0.15) is 0 Å². The Morgan fingerprint density at radius 1 is 0.955 bits per heavy atom. The van der Waals surface area contributed by atoms with E-state index in [4.69, 9.17) is 17.0 Å². The summed E-state index contributed by atoms with van der Waals surface area (Å²) < 4.78 is 5.13. The van der Waals surface area contributed by atoms with E-state index in [-0.39, 0.29) is 12.1 Å². The van der Waals surface area contributed by atoms with Crippen LogP contribution in [0.4, 0.5) is 0 Å².